The number of likely N-dealkylation sites (tertiary alicyclic amines) is 1. The van der Waals surface area contributed by atoms with Gasteiger partial charge in [-0.1, -0.05) is 30.3 Å². The summed E-state index contributed by atoms with van der Waals surface area (Å²) in [6.45, 7) is 2.02. The van der Waals surface area contributed by atoms with Crippen LogP contribution in [0.3, 0.4) is 0 Å². The number of benzene rings is 2. The van der Waals surface area contributed by atoms with Crippen LogP contribution in [0.25, 0.3) is 0 Å². The van der Waals surface area contributed by atoms with E-state index < -0.39 is 0 Å². The number of hydrogen-bond acceptors (Lipinski definition) is 3. The number of amides is 2. The van der Waals surface area contributed by atoms with E-state index >= 15 is 0 Å². The molecule has 1 atom stereocenters. The second kappa shape index (κ2) is 8.57. The third-order valence-corrected chi connectivity index (χ3v) is 5.53. The number of nitrogens with one attached hydrogen (secondary N) is 2. The van der Waals surface area contributed by atoms with Crippen LogP contribution in [0.2, 0.25) is 0 Å². The average molecular weight is 377 g/mol. The van der Waals surface area contributed by atoms with Crippen LogP contribution in [0.4, 0.5) is 5.69 Å². The third-order valence-electron chi connectivity index (χ3n) is 5.53. The first-order valence-electron chi connectivity index (χ1n) is 10.2. The van der Waals surface area contributed by atoms with Crippen molar-refractivity contribution in [3.05, 3.63) is 65.7 Å². The third kappa shape index (κ3) is 4.60. The minimum atomic E-state index is -0.0524. The van der Waals surface area contributed by atoms with Crippen LogP contribution < -0.4 is 10.6 Å². The van der Waals surface area contributed by atoms with E-state index in [-0.39, 0.29) is 17.9 Å². The van der Waals surface area contributed by atoms with Crippen molar-refractivity contribution in [2.45, 2.75) is 31.7 Å². The van der Waals surface area contributed by atoms with Gasteiger partial charge in [0, 0.05) is 17.8 Å². The fourth-order valence-electron chi connectivity index (χ4n) is 3.81. The molecule has 5 nitrogen and oxygen atoms in total. The number of carbonyl (C=O) groups excluding carboxylic acids is 2. The van der Waals surface area contributed by atoms with Gasteiger partial charge >= 0.3 is 0 Å². The molecule has 0 radical (unpaired) electrons. The van der Waals surface area contributed by atoms with Crippen LogP contribution in [0.1, 0.15) is 47.6 Å². The van der Waals surface area contributed by atoms with Crippen LogP contribution in [-0.4, -0.2) is 36.3 Å². The zero-order valence-electron chi connectivity index (χ0n) is 16.1. The highest BCUT2D eigenvalue weighted by atomic mass is 16.2. The molecule has 2 fully saturated rings. The largest absolute Gasteiger partial charge is 0.332 e. The maximum Gasteiger partial charge on any atom is 0.254 e. The molecule has 1 saturated carbocycles. The summed E-state index contributed by atoms with van der Waals surface area (Å²) < 4.78 is 0. The van der Waals surface area contributed by atoms with Gasteiger partial charge in [-0.2, -0.15) is 0 Å². The Balaban J connectivity index is 1.35. The number of nitrogens with zero attached hydrogens (tertiary/aromatic N) is 1. The second-order valence-corrected chi connectivity index (χ2v) is 7.77. The summed E-state index contributed by atoms with van der Waals surface area (Å²) in [5.74, 6) is 0.752. The molecule has 0 aromatic heterocycles. The topological polar surface area (TPSA) is 61.4 Å². The van der Waals surface area contributed by atoms with Crippen molar-refractivity contribution >= 4 is 17.5 Å². The van der Waals surface area contributed by atoms with Crippen LogP contribution in [0, 0.1) is 5.92 Å². The molecular formula is C23H27N3O2. The minimum absolute atomic E-state index is 0.0512. The SMILES string of the molecule is O=C(CNCC1CC1)Nc1ccc(C(=O)N2CCCC2c2ccccc2)cc1. The lowest BCUT2D eigenvalue weighted by Gasteiger charge is -2.25. The summed E-state index contributed by atoms with van der Waals surface area (Å²) in [4.78, 5) is 27.0. The summed E-state index contributed by atoms with van der Waals surface area (Å²) in [5.41, 5.74) is 2.57. The number of hydrogen-bond donors (Lipinski definition) is 2. The molecule has 1 aliphatic carbocycles. The van der Waals surface area contributed by atoms with Gasteiger partial charge in [0.15, 0.2) is 0 Å². The smallest absolute Gasteiger partial charge is 0.254 e. The van der Waals surface area contributed by atoms with Crippen molar-refractivity contribution in [3.8, 4) is 0 Å². The maximum atomic E-state index is 13.0. The Kier molecular flexibility index (Phi) is 5.72. The first kappa shape index (κ1) is 18.7. The molecule has 1 unspecified atom stereocenters. The van der Waals surface area contributed by atoms with Gasteiger partial charge in [0.1, 0.15) is 0 Å². The first-order chi connectivity index (χ1) is 13.7. The van der Waals surface area contributed by atoms with Crippen LogP contribution in [-0.2, 0) is 4.79 Å². The van der Waals surface area contributed by atoms with E-state index in [1.54, 1.807) is 24.3 Å². The molecule has 1 heterocycles. The highest BCUT2D eigenvalue weighted by Gasteiger charge is 2.30. The first-order valence-corrected chi connectivity index (χ1v) is 10.2. The molecule has 2 amide bonds. The molecule has 0 spiro atoms. The summed E-state index contributed by atoms with van der Waals surface area (Å²) in [6.07, 6.45) is 4.56. The number of carbonyl (C=O) groups is 2. The van der Waals surface area contributed by atoms with Gasteiger partial charge in [-0.3, -0.25) is 9.59 Å². The fourth-order valence-corrected chi connectivity index (χ4v) is 3.81. The van der Waals surface area contributed by atoms with Crippen LogP contribution in [0.15, 0.2) is 54.6 Å². The monoisotopic (exact) mass is 377 g/mol. The summed E-state index contributed by atoms with van der Waals surface area (Å²) in [6, 6.07) is 17.6. The molecule has 28 heavy (non-hydrogen) atoms. The van der Waals surface area contributed by atoms with E-state index in [0.29, 0.717) is 12.1 Å². The van der Waals surface area contributed by atoms with Crippen LogP contribution in [0.5, 0.6) is 0 Å². The van der Waals surface area contributed by atoms with Crippen molar-refractivity contribution in [2.24, 2.45) is 5.92 Å². The number of rotatable bonds is 7. The van der Waals surface area contributed by atoms with Crippen molar-refractivity contribution in [1.29, 1.82) is 0 Å². The Morgan fingerprint density at radius 3 is 2.43 bits per heavy atom. The van der Waals surface area contributed by atoms with Crippen LogP contribution >= 0.6 is 0 Å². The van der Waals surface area contributed by atoms with Gasteiger partial charge in [0.25, 0.3) is 5.91 Å². The van der Waals surface area contributed by atoms with Gasteiger partial charge < -0.3 is 15.5 Å². The van der Waals surface area contributed by atoms with Crippen molar-refractivity contribution in [3.63, 3.8) is 0 Å². The summed E-state index contributed by atoms with van der Waals surface area (Å²) in [7, 11) is 0. The molecular weight excluding hydrogens is 350 g/mol. The van der Waals surface area contributed by atoms with Gasteiger partial charge in [-0.05, 0) is 68.0 Å². The summed E-state index contributed by atoms with van der Waals surface area (Å²) in [5, 5.41) is 6.06. The van der Waals surface area contributed by atoms with E-state index in [4.69, 9.17) is 0 Å². The van der Waals surface area contributed by atoms with E-state index in [1.165, 1.54) is 18.4 Å². The molecule has 0 bridgehead atoms. The minimum Gasteiger partial charge on any atom is -0.332 e. The quantitative estimate of drug-likeness (QED) is 0.775. The Morgan fingerprint density at radius 1 is 0.964 bits per heavy atom. The molecule has 2 aliphatic rings. The van der Waals surface area contributed by atoms with E-state index in [0.717, 1.165) is 37.5 Å². The molecule has 2 N–H and O–H groups in total. The Bertz CT molecular complexity index is 816. The van der Waals surface area contributed by atoms with Crippen molar-refractivity contribution < 1.29 is 9.59 Å². The van der Waals surface area contributed by atoms with E-state index in [1.807, 2.05) is 23.1 Å². The summed E-state index contributed by atoms with van der Waals surface area (Å²) >= 11 is 0. The van der Waals surface area contributed by atoms with Gasteiger partial charge in [-0.15, -0.1) is 0 Å². The molecule has 1 saturated heterocycles. The standard InChI is InChI=1S/C23H27N3O2/c27-22(16-24-15-17-8-9-17)25-20-12-10-19(11-13-20)23(28)26-14-4-7-21(26)18-5-2-1-3-6-18/h1-3,5-6,10-13,17,21,24H,4,7-9,14-16H2,(H,25,27). The molecule has 146 valence electrons. The zero-order valence-corrected chi connectivity index (χ0v) is 16.1. The lowest BCUT2D eigenvalue weighted by atomic mass is 10.0. The predicted molar refractivity (Wildman–Crippen MR) is 110 cm³/mol. The van der Waals surface area contributed by atoms with Crippen molar-refractivity contribution in [1.82, 2.24) is 10.2 Å². The normalized spacial score (nSPS) is 18.9. The molecule has 2 aromatic carbocycles. The van der Waals surface area contributed by atoms with Gasteiger partial charge in [-0.25, -0.2) is 0 Å². The maximum absolute atomic E-state index is 13.0. The highest BCUT2D eigenvalue weighted by Crippen LogP contribution is 2.33. The van der Waals surface area contributed by atoms with E-state index in [9.17, 15) is 9.59 Å². The Morgan fingerprint density at radius 2 is 1.71 bits per heavy atom. The average Bonchev–Trinajstić information content (AvgIpc) is 3.41. The molecule has 1 aliphatic heterocycles. The Hall–Kier alpha value is -2.66. The lowest BCUT2D eigenvalue weighted by Crippen LogP contribution is -2.30. The highest BCUT2D eigenvalue weighted by molar-refractivity contribution is 5.96. The predicted octanol–water partition coefficient (Wildman–Crippen LogP) is 3.60. The number of anilines is 1. The second-order valence-electron chi connectivity index (χ2n) is 7.77. The lowest BCUT2D eigenvalue weighted by molar-refractivity contribution is -0.115. The molecule has 5 heteroatoms. The fraction of sp³-hybridized carbons (Fsp3) is 0.391. The van der Waals surface area contributed by atoms with E-state index in [2.05, 4.69) is 22.8 Å². The van der Waals surface area contributed by atoms with Crippen molar-refractivity contribution in [2.75, 3.05) is 25.0 Å². The van der Waals surface area contributed by atoms with Gasteiger partial charge in [0.05, 0.1) is 12.6 Å². The molecule has 2 aromatic rings. The Labute approximate surface area is 166 Å². The zero-order chi connectivity index (χ0) is 19.3. The van der Waals surface area contributed by atoms with Gasteiger partial charge in [0.2, 0.25) is 5.91 Å². The molecule has 4 rings (SSSR count).